The molecule has 0 atom stereocenters. The fourth-order valence-corrected chi connectivity index (χ4v) is 3.52. The van der Waals surface area contributed by atoms with Crippen LogP contribution in [-0.2, 0) is 0 Å². The summed E-state index contributed by atoms with van der Waals surface area (Å²) >= 11 is 0. The number of nitrogens with one attached hydrogen (secondary N) is 1. The number of fused-ring (bicyclic) bond motifs is 1. The van der Waals surface area contributed by atoms with Crippen LogP contribution < -0.4 is 25.3 Å². The quantitative estimate of drug-likeness (QED) is 0.620. The van der Waals surface area contributed by atoms with E-state index in [0.29, 0.717) is 30.8 Å². The van der Waals surface area contributed by atoms with Gasteiger partial charge in [-0.1, -0.05) is 6.07 Å². The molecule has 148 valence electrons. The van der Waals surface area contributed by atoms with Gasteiger partial charge in [0.25, 0.3) is 0 Å². The lowest BCUT2D eigenvalue weighted by Crippen LogP contribution is -2.31. The molecule has 0 amide bonds. The van der Waals surface area contributed by atoms with Crippen LogP contribution in [0.3, 0.4) is 0 Å². The average Bonchev–Trinajstić information content (AvgIpc) is 2.89. The molecule has 0 saturated heterocycles. The Balaban J connectivity index is 1.34. The summed E-state index contributed by atoms with van der Waals surface area (Å²) in [6, 6.07) is 10.9. The normalized spacial score (nSPS) is 21.4. The Morgan fingerprint density at radius 3 is 2.68 bits per heavy atom. The van der Waals surface area contributed by atoms with Gasteiger partial charge in [0.2, 0.25) is 0 Å². The van der Waals surface area contributed by atoms with Gasteiger partial charge in [-0.2, -0.15) is 0 Å². The minimum atomic E-state index is -0.331. The summed E-state index contributed by atoms with van der Waals surface area (Å²) in [5.74, 6) is 2.04. The van der Waals surface area contributed by atoms with Crippen LogP contribution in [-0.4, -0.2) is 32.3 Å². The number of anilines is 1. The number of aliphatic imine (C=N–C) groups is 1. The second-order valence-electron chi connectivity index (χ2n) is 7.07. The van der Waals surface area contributed by atoms with Gasteiger partial charge in [-0.3, -0.25) is 0 Å². The van der Waals surface area contributed by atoms with Crippen LogP contribution in [0.1, 0.15) is 30.7 Å². The zero-order chi connectivity index (χ0) is 19.5. The second-order valence-corrected chi connectivity index (χ2v) is 7.07. The van der Waals surface area contributed by atoms with Crippen LogP contribution in [0.5, 0.6) is 17.2 Å². The number of ether oxygens (including phenoxy) is 3. The maximum atomic E-state index is 13.9. The molecule has 0 unspecified atom stereocenters. The molecule has 1 saturated carbocycles. The van der Waals surface area contributed by atoms with E-state index in [0.717, 1.165) is 36.3 Å². The predicted octanol–water partition coefficient (Wildman–Crippen LogP) is 3.67. The Bertz CT molecular complexity index is 881. The SMILES string of the molecule is COc1ccc(C2CC(N=C(N)Nc3ccc4c(c3)OCCCO4)C2)cc1F. The summed E-state index contributed by atoms with van der Waals surface area (Å²) in [6.45, 7) is 1.29. The predicted molar refractivity (Wildman–Crippen MR) is 106 cm³/mol. The first-order valence-electron chi connectivity index (χ1n) is 9.46. The van der Waals surface area contributed by atoms with Gasteiger partial charge < -0.3 is 25.3 Å². The van der Waals surface area contributed by atoms with Crippen molar-refractivity contribution in [3.8, 4) is 17.2 Å². The molecule has 1 fully saturated rings. The van der Waals surface area contributed by atoms with Crippen molar-refractivity contribution in [1.29, 1.82) is 0 Å². The summed E-state index contributed by atoms with van der Waals surface area (Å²) in [4.78, 5) is 4.53. The largest absolute Gasteiger partial charge is 0.494 e. The van der Waals surface area contributed by atoms with Crippen molar-refractivity contribution < 1.29 is 18.6 Å². The van der Waals surface area contributed by atoms with Crippen LogP contribution in [0.25, 0.3) is 0 Å². The molecular formula is C21H24FN3O3. The van der Waals surface area contributed by atoms with Gasteiger partial charge in [0.05, 0.1) is 26.4 Å². The zero-order valence-corrected chi connectivity index (χ0v) is 15.8. The molecule has 0 radical (unpaired) electrons. The van der Waals surface area contributed by atoms with Gasteiger partial charge in [-0.15, -0.1) is 0 Å². The van der Waals surface area contributed by atoms with E-state index in [9.17, 15) is 4.39 Å². The number of benzene rings is 2. The molecule has 0 spiro atoms. The topological polar surface area (TPSA) is 78.1 Å². The average molecular weight is 385 g/mol. The third kappa shape index (κ3) is 3.98. The van der Waals surface area contributed by atoms with E-state index in [-0.39, 0.29) is 17.6 Å². The standard InChI is InChI=1S/C21H24FN3O3/c1-26-18-5-3-13(11-17(18)22)14-9-16(10-14)25-21(23)24-15-4-6-19-20(12-15)28-8-2-7-27-19/h3-6,11-12,14,16H,2,7-10H2,1H3,(H3,23,24,25). The minimum Gasteiger partial charge on any atom is -0.494 e. The van der Waals surface area contributed by atoms with Gasteiger partial charge in [-0.05, 0) is 48.6 Å². The lowest BCUT2D eigenvalue weighted by atomic mass is 9.76. The van der Waals surface area contributed by atoms with E-state index < -0.39 is 0 Å². The molecule has 2 aliphatic rings. The smallest absolute Gasteiger partial charge is 0.193 e. The fourth-order valence-electron chi connectivity index (χ4n) is 3.52. The summed E-state index contributed by atoms with van der Waals surface area (Å²) in [6.07, 6.45) is 2.55. The second kappa shape index (κ2) is 7.96. The number of methoxy groups -OCH3 is 1. The number of nitrogens with zero attached hydrogens (tertiary/aromatic N) is 1. The van der Waals surface area contributed by atoms with Gasteiger partial charge >= 0.3 is 0 Å². The lowest BCUT2D eigenvalue weighted by Gasteiger charge is -2.33. The van der Waals surface area contributed by atoms with E-state index in [2.05, 4.69) is 10.3 Å². The van der Waals surface area contributed by atoms with Crippen molar-refractivity contribution in [2.24, 2.45) is 10.7 Å². The van der Waals surface area contributed by atoms with Gasteiger partial charge in [0, 0.05) is 18.2 Å². The van der Waals surface area contributed by atoms with E-state index in [1.54, 1.807) is 12.1 Å². The Hall–Kier alpha value is -2.96. The van der Waals surface area contributed by atoms with E-state index >= 15 is 0 Å². The number of guanidine groups is 1. The maximum Gasteiger partial charge on any atom is 0.193 e. The van der Waals surface area contributed by atoms with E-state index in [4.69, 9.17) is 19.9 Å². The van der Waals surface area contributed by atoms with Crippen molar-refractivity contribution >= 4 is 11.6 Å². The maximum absolute atomic E-state index is 13.9. The zero-order valence-electron chi connectivity index (χ0n) is 15.8. The van der Waals surface area contributed by atoms with Crippen LogP contribution in [0.15, 0.2) is 41.4 Å². The van der Waals surface area contributed by atoms with Crippen molar-refractivity contribution in [3.05, 3.63) is 47.8 Å². The highest BCUT2D eigenvalue weighted by atomic mass is 19.1. The fraction of sp³-hybridized carbons (Fsp3) is 0.381. The number of hydrogen-bond acceptors (Lipinski definition) is 4. The first kappa shape index (κ1) is 18.4. The molecular weight excluding hydrogens is 361 g/mol. The van der Waals surface area contributed by atoms with Crippen molar-refractivity contribution in [2.45, 2.75) is 31.2 Å². The lowest BCUT2D eigenvalue weighted by molar-refractivity contribution is 0.297. The van der Waals surface area contributed by atoms with Crippen LogP contribution in [0.2, 0.25) is 0 Å². The molecule has 0 aromatic heterocycles. The Morgan fingerprint density at radius 1 is 1.14 bits per heavy atom. The molecule has 3 N–H and O–H groups in total. The summed E-state index contributed by atoms with van der Waals surface area (Å²) in [5, 5.41) is 3.11. The molecule has 1 aliphatic heterocycles. The number of nitrogens with two attached hydrogens (primary N) is 1. The highest BCUT2D eigenvalue weighted by Crippen LogP contribution is 2.40. The van der Waals surface area contributed by atoms with E-state index in [1.807, 2.05) is 24.3 Å². The third-order valence-electron chi connectivity index (χ3n) is 5.10. The Morgan fingerprint density at radius 2 is 1.93 bits per heavy atom. The van der Waals surface area contributed by atoms with Gasteiger partial charge in [-0.25, -0.2) is 9.38 Å². The Labute approximate surface area is 163 Å². The van der Waals surface area contributed by atoms with Crippen molar-refractivity contribution in [3.63, 3.8) is 0 Å². The van der Waals surface area contributed by atoms with Crippen LogP contribution >= 0.6 is 0 Å². The monoisotopic (exact) mass is 385 g/mol. The summed E-state index contributed by atoms with van der Waals surface area (Å²) < 4.78 is 30.1. The first-order valence-corrected chi connectivity index (χ1v) is 9.46. The van der Waals surface area contributed by atoms with E-state index in [1.165, 1.54) is 7.11 Å². The molecule has 1 heterocycles. The molecule has 2 aromatic rings. The van der Waals surface area contributed by atoms with Gasteiger partial charge in [0.1, 0.15) is 0 Å². The van der Waals surface area contributed by atoms with Crippen molar-refractivity contribution in [1.82, 2.24) is 0 Å². The highest BCUT2D eigenvalue weighted by molar-refractivity contribution is 5.92. The van der Waals surface area contributed by atoms with Crippen LogP contribution in [0.4, 0.5) is 10.1 Å². The Kier molecular flexibility index (Phi) is 5.23. The molecule has 0 bridgehead atoms. The molecule has 4 rings (SSSR count). The number of halogens is 1. The molecule has 7 heteroatoms. The molecule has 2 aromatic carbocycles. The number of hydrogen-bond donors (Lipinski definition) is 2. The summed E-state index contributed by atoms with van der Waals surface area (Å²) in [7, 11) is 1.46. The highest BCUT2D eigenvalue weighted by Gasteiger charge is 2.30. The van der Waals surface area contributed by atoms with Gasteiger partial charge in [0.15, 0.2) is 29.0 Å². The van der Waals surface area contributed by atoms with Crippen molar-refractivity contribution in [2.75, 3.05) is 25.6 Å². The first-order chi connectivity index (χ1) is 13.6. The number of rotatable bonds is 4. The molecule has 28 heavy (non-hydrogen) atoms. The minimum absolute atomic E-state index is 0.128. The summed E-state index contributed by atoms with van der Waals surface area (Å²) in [5.41, 5.74) is 7.84. The molecule has 1 aliphatic carbocycles. The molecule has 6 nitrogen and oxygen atoms in total. The third-order valence-corrected chi connectivity index (χ3v) is 5.10. The van der Waals surface area contributed by atoms with Crippen LogP contribution in [0, 0.1) is 5.82 Å².